The first-order valence-corrected chi connectivity index (χ1v) is 12.9. The lowest BCUT2D eigenvalue weighted by molar-refractivity contribution is 0.0901. The van der Waals surface area contributed by atoms with Crippen molar-refractivity contribution in [2.24, 2.45) is 0 Å². The summed E-state index contributed by atoms with van der Waals surface area (Å²) in [6, 6.07) is 30.1. The Morgan fingerprint density at radius 2 is 1.50 bits per heavy atom. The summed E-state index contributed by atoms with van der Waals surface area (Å²) in [4.78, 5) is 20.8. The van der Waals surface area contributed by atoms with Crippen LogP contribution in [0.25, 0.3) is 28.2 Å². The highest BCUT2D eigenvalue weighted by Crippen LogP contribution is 2.25. The fraction of sp³-hybridized carbons (Fsp3) is 0.194. The first-order valence-electron chi connectivity index (χ1n) is 12.9. The zero-order chi connectivity index (χ0) is 25.9. The van der Waals surface area contributed by atoms with E-state index < -0.39 is 0 Å². The van der Waals surface area contributed by atoms with E-state index >= 15 is 0 Å². The number of likely N-dealkylation sites (tertiary alicyclic amines) is 1. The van der Waals surface area contributed by atoms with Gasteiger partial charge in [-0.3, -0.25) is 9.69 Å². The van der Waals surface area contributed by atoms with Crippen LogP contribution in [0, 0.1) is 5.82 Å². The van der Waals surface area contributed by atoms with Crippen LogP contribution in [0.4, 0.5) is 4.39 Å². The monoisotopic (exact) mass is 505 g/mol. The summed E-state index contributed by atoms with van der Waals surface area (Å²) in [5, 5.41) is 7.96. The van der Waals surface area contributed by atoms with E-state index in [9.17, 15) is 9.18 Å². The standard InChI is InChI=1S/C31H28FN5O/c32-25-13-11-24(12-14-25)27-19-29(37-30(34-27)20-28(35-37)23-9-5-2-6-10-23)31(38)33-26-15-17-36(18-16-26)21-22-7-3-1-4-8-22/h1-14,19-20,26H,15-18,21H2,(H,33,38). The predicted octanol–water partition coefficient (Wildman–Crippen LogP) is 5.60. The quantitative estimate of drug-likeness (QED) is 0.327. The first kappa shape index (κ1) is 24.0. The van der Waals surface area contributed by atoms with Gasteiger partial charge in [-0.1, -0.05) is 60.7 Å². The smallest absolute Gasteiger partial charge is 0.270 e. The SMILES string of the molecule is O=C(NC1CCN(Cc2ccccc2)CC1)c1cc(-c2ccc(F)cc2)nc2cc(-c3ccccc3)nn12. The fourth-order valence-electron chi connectivity index (χ4n) is 4.99. The summed E-state index contributed by atoms with van der Waals surface area (Å²) in [7, 11) is 0. The molecule has 0 aliphatic carbocycles. The molecular weight excluding hydrogens is 477 g/mol. The number of hydrogen-bond donors (Lipinski definition) is 1. The summed E-state index contributed by atoms with van der Waals surface area (Å²) in [6.45, 7) is 2.77. The lowest BCUT2D eigenvalue weighted by Crippen LogP contribution is -2.44. The van der Waals surface area contributed by atoms with Crippen LogP contribution >= 0.6 is 0 Å². The van der Waals surface area contributed by atoms with E-state index in [2.05, 4.69) is 34.5 Å². The van der Waals surface area contributed by atoms with Crippen LogP contribution in [0.3, 0.4) is 0 Å². The van der Waals surface area contributed by atoms with Gasteiger partial charge in [-0.25, -0.2) is 13.9 Å². The summed E-state index contributed by atoms with van der Waals surface area (Å²) >= 11 is 0. The van der Waals surface area contributed by atoms with E-state index in [4.69, 9.17) is 10.1 Å². The number of halogens is 1. The molecule has 7 heteroatoms. The molecule has 1 aliphatic heterocycles. The second-order valence-corrected chi connectivity index (χ2v) is 9.71. The molecule has 6 nitrogen and oxygen atoms in total. The zero-order valence-corrected chi connectivity index (χ0v) is 20.9. The van der Waals surface area contributed by atoms with Crippen molar-refractivity contribution in [1.29, 1.82) is 0 Å². The van der Waals surface area contributed by atoms with Crippen molar-refractivity contribution in [2.75, 3.05) is 13.1 Å². The summed E-state index contributed by atoms with van der Waals surface area (Å²) < 4.78 is 15.2. The minimum absolute atomic E-state index is 0.0798. The highest BCUT2D eigenvalue weighted by Gasteiger charge is 2.24. The number of carbonyl (C=O) groups is 1. The topological polar surface area (TPSA) is 62.5 Å². The number of fused-ring (bicyclic) bond motifs is 1. The van der Waals surface area contributed by atoms with Gasteiger partial charge in [0.1, 0.15) is 11.5 Å². The van der Waals surface area contributed by atoms with Crippen LogP contribution in [-0.2, 0) is 6.54 Å². The molecule has 1 saturated heterocycles. The maximum atomic E-state index is 13.6. The minimum Gasteiger partial charge on any atom is -0.348 e. The molecule has 38 heavy (non-hydrogen) atoms. The van der Waals surface area contributed by atoms with Crippen LogP contribution in [0.1, 0.15) is 28.9 Å². The first-order chi connectivity index (χ1) is 18.6. The molecule has 1 amide bonds. The van der Waals surface area contributed by atoms with E-state index in [1.54, 1.807) is 22.7 Å². The van der Waals surface area contributed by atoms with Crippen molar-refractivity contribution in [3.05, 3.63) is 114 Å². The number of amides is 1. The summed E-state index contributed by atoms with van der Waals surface area (Å²) in [6.07, 6.45) is 1.76. The molecule has 190 valence electrons. The van der Waals surface area contributed by atoms with E-state index in [0.717, 1.165) is 49.3 Å². The van der Waals surface area contributed by atoms with Crippen molar-refractivity contribution in [1.82, 2.24) is 24.8 Å². The number of carbonyl (C=O) groups excluding carboxylic acids is 1. The lowest BCUT2D eigenvalue weighted by atomic mass is 10.0. The Kier molecular flexibility index (Phi) is 6.67. The molecule has 0 saturated carbocycles. The van der Waals surface area contributed by atoms with Crippen molar-refractivity contribution in [3.8, 4) is 22.5 Å². The zero-order valence-electron chi connectivity index (χ0n) is 20.9. The molecular formula is C31H28FN5O. The summed E-state index contributed by atoms with van der Waals surface area (Å²) in [5.41, 5.74) is 5.28. The number of rotatable bonds is 6. The van der Waals surface area contributed by atoms with Gasteiger partial charge < -0.3 is 5.32 Å². The van der Waals surface area contributed by atoms with Crippen LogP contribution in [-0.4, -0.2) is 44.5 Å². The molecule has 0 unspecified atom stereocenters. The Balaban J connectivity index is 1.26. The van der Waals surface area contributed by atoms with Gasteiger partial charge in [-0.05, 0) is 48.7 Å². The van der Waals surface area contributed by atoms with Crippen LogP contribution in [0.5, 0.6) is 0 Å². The average Bonchev–Trinajstić information content (AvgIpc) is 3.39. The predicted molar refractivity (Wildman–Crippen MR) is 146 cm³/mol. The molecule has 3 aromatic carbocycles. The molecule has 0 bridgehead atoms. The number of hydrogen-bond acceptors (Lipinski definition) is 4. The van der Waals surface area contributed by atoms with Gasteiger partial charge in [-0.15, -0.1) is 0 Å². The van der Waals surface area contributed by atoms with Gasteiger partial charge in [0.2, 0.25) is 0 Å². The third-order valence-electron chi connectivity index (χ3n) is 7.04. The number of nitrogens with zero attached hydrogens (tertiary/aromatic N) is 4. The van der Waals surface area contributed by atoms with Crippen molar-refractivity contribution in [3.63, 3.8) is 0 Å². The molecule has 3 heterocycles. The van der Waals surface area contributed by atoms with Crippen molar-refractivity contribution >= 4 is 11.6 Å². The van der Waals surface area contributed by atoms with Crippen molar-refractivity contribution < 1.29 is 9.18 Å². The van der Waals surface area contributed by atoms with Crippen LogP contribution in [0.2, 0.25) is 0 Å². The number of nitrogens with one attached hydrogen (secondary N) is 1. The number of benzene rings is 3. The Morgan fingerprint density at radius 1 is 0.842 bits per heavy atom. The average molecular weight is 506 g/mol. The normalized spacial score (nSPS) is 14.6. The maximum Gasteiger partial charge on any atom is 0.270 e. The van der Waals surface area contributed by atoms with E-state index in [-0.39, 0.29) is 17.8 Å². The van der Waals surface area contributed by atoms with Crippen molar-refractivity contribution in [2.45, 2.75) is 25.4 Å². The molecule has 0 atom stereocenters. The van der Waals surface area contributed by atoms with Crippen LogP contribution < -0.4 is 5.32 Å². The fourth-order valence-corrected chi connectivity index (χ4v) is 4.99. The molecule has 5 aromatic rings. The van der Waals surface area contributed by atoms with Crippen LogP contribution in [0.15, 0.2) is 97.1 Å². The molecule has 1 fully saturated rings. The molecule has 6 rings (SSSR count). The lowest BCUT2D eigenvalue weighted by Gasteiger charge is -2.32. The van der Waals surface area contributed by atoms with Gasteiger partial charge in [0.05, 0.1) is 11.4 Å². The van der Waals surface area contributed by atoms with E-state index in [0.29, 0.717) is 17.0 Å². The second-order valence-electron chi connectivity index (χ2n) is 9.71. The minimum atomic E-state index is -0.317. The van der Waals surface area contributed by atoms with Gasteiger partial charge in [0.25, 0.3) is 5.91 Å². The van der Waals surface area contributed by atoms with E-state index in [1.165, 1.54) is 17.7 Å². The van der Waals surface area contributed by atoms with E-state index in [1.807, 2.05) is 42.5 Å². The maximum absolute atomic E-state index is 13.6. The molecule has 1 aliphatic rings. The molecule has 2 aromatic heterocycles. The largest absolute Gasteiger partial charge is 0.348 e. The Bertz CT molecular complexity index is 1540. The highest BCUT2D eigenvalue weighted by molar-refractivity contribution is 5.94. The molecule has 0 radical (unpaired) electrons. The number of aromatic nitrogens is 3. The Hall–Kier alpha value is -4.36. The third kappa shape index (κ3) is 5.19. The third-order valence-corrected chi connectivity index (χ3v) is 7.04. The van der Waals surface area contributed by atoms with Gasteiger partial charge in [0.15, 0.2) is 5.65 Å². The molecule has 0 spiro atoms. The Labute approximate surface area is 220 Å². The van der Waals surface area contributed by atoms with Gasteiger partial charge in [0, 0.05) is 42.9 Å². The summed E-state index contributed by atoms with van der Waals surface area (Å²) in [5.74, 6) is -0.507. The second kappa shape index (κ2) is 10.6. The number of piperidine rings is 1. The van der Waals surface area contributed by atoms with Gasteiger partial charge >= 0.3 is 0 Å². The Morgan fingerprint density at radius 3 is 2.21 bits per heavy atom. The highest BCUT2D eigenvalue weighted by atomic mass is 19.1. The molecule has 1 N–H and O–H groups in total. The van der Waals surface area contributed by atoms with Gasteiger partial charge in [-0.2, -0.15) is 5.10 Å².